The molecule has 2 aliphatic rings. The monoisotopic (exact) mass is 435 g/mol. The molecular weight excluding hydrogens is 410 g/mol. The summed E-state index contributed by atoms with van der Waals surface area (Å²) in [4.78, 5) is 33.2. The summed E-state index contributed by atoms with van der Waals surface area (Å²) in [5, 5.41) is 1.87. The quantitative estimate of drug-likeness (QED) is 0.575. The molecule has 0 bridgehead atoms. The molecule has 5 nitrogen and oxygen atoms in total. The minimum atomic E-state index is -0.435. The summed E-state index contributed by atoms with van der Waals surface area (Å²) >= 11 is 6.21. The zero-order valence-corrected chi connectivity index (χ0v) is 18.7. The molecule has 3 heterocycles. The number of H-pyrrole nitrogens is 1. The number of carbonyl (C=O) groups excluding carboxylic acids is 2. The third-order valence-corrected chi connectivity index (χ3v) is 7.01. The van der Waals surface area contributed by atoms with Crippen molar-refractivity contribution in [3.63, 3.8) is 0 Å². The van der Waals surface area contributed by atoms with Crippen molar-refractivity contribution in [3.05, 3.63) is 64.3 Å². The van der Waals surface area contributed by atoms with E-state index in [2.05, 4.69) is 30.7 Å². The lowest BCUT2D eigenvalue weighted by atomic mass is 9.96. The molecule has 1 saturated heterocycles. The first kappa shape index (κ1) is 20.3. The number of fused-ring (bicyclic) bond motifs is 3. The van der Waals surface area contributed by atoms with Gasteiger partial charge >= 0.3 is 0 Å². The molecule has 5 rings (SSSR count). The van der Waals surface area contributed by atoms with E-state index in [0.717, 1.165) is 34.6 Å². The normalized spacial score (nSPS) is 22.0. The van der Waals surface area contributed by atoms with Crippen molar-refractivity contribution in [1.29, 1.82) is 0 Å². The number of nitrogens with one attached hydrogen (secondary N) is 1. The molecule has 3 aromatic rings. The van der Waals surface area contributed by atoms with Crippen molar-refractivity contribution in [1.82, 2.24) is 9.88 Å². The smallest absolute Gasteiger partial charge is 0.251 e. The van der Waals surface area contributed by atoms with Crippen LogP contribution in [-0.4, -0.2) is 34.3 Å². The maximum Gasteiger partial charge on any atom is 0.251 e. The number of benzene rings is 2. The lowest BCUT2D eigenvalue weighted by Gasteiger charge is -2.36. The number of aromatic nitrogens is 1. The van der Waals surface area contributed by atoms with Crippen LogP contribution >= 0.6 is 11.6 Å². The highest BCUT2D eigenvalue weighted by atomic mass is 35.5. The number of carbonyl (C=O) groups is 2. The van der Waals surface area contributed by atoms with Crippen LogP contribution in [0.4, 0.5) is 5.69 Å². The Morgan fingerprint density at radius 2 is 1.84 bits per heavy atom. The molecule has 160 valence electrons. The summed E-state index contributed by atoms with van der Waals surface area (Å²) in [6.45, 7) is 7.09. The average molecular weight is 436 g/mol. The Balaban J connectivity index is 1.43. The molecule has 2 aliphatic heterocycles. The van der Waals surface area contributed by atoms with Crippen LogP contribution in [0.2, 0.25) is 5.02 Å². The van der Waals surface area contributed by atoms with Gasteiger partial charge in [0.15, 0.2) is 0 Å². The molecule has 2 amide bonds. The first-order valence-corrected chi connectivity index (χ1v) is 11.3. The van der Waals surface area contributed by atoms with Crippen molar-refractivity contribution in [3.8, 4) is 0 Å². The predicted molar refractivity (Wildman–Crippen MR) is 124 cm³/mol. The molecule has 1 N–H and O–H groups in total. The van der Waals surface area contributed by atoms with E-state index in [1.165, 1.54) is 16.0 Å². The van der Waals surface area contributed by atoms with Crippen LogP contribution in [0.5, 0.6) is 0 Å². The summed E-state index contributed by atoms with van der Waals surface area (Å²) in [5.41, 5.74) is 5.29. The lowest BCUT2D eigenvalue weighted by Crippen LogP contribution is -2.46. The maximum atomic E-state index is 13.3. The van der Waals surface area contributed by atoms with Crippen LogP contribution in [0.25, 0.3) is 10.9 Å². The first-order valence-electron chi connectivity index (χ1n) is 10.9. The number of amides is 2. The van der Waals surface area contributed by atoms with Gasteiger partial charge in [-0.15, -0.1) is 0 Å². The first-order chi connectivity index (χ1) is 14.8. The number of hydrogen-bond acceptors (Lipinski definition) is 3. The van der Waals surface area contributed by atoms with Crippen molar-refractivity contribution in [2.24, 2.45) is 0 Å². The fraction of sp³-hybridized carbons (Fsp3) is 0.360. The molecular formula is C25H26ClN3O2. The molecule has 0 aliphatic carbocycles. The third kappa shape index (κ3) is 3.27. The molecule has 0 spiro atoms. The number of nitrogens with zero attached hydrogens (tertiary/aromatic N) is 2. The topological polar surface area (TPSA) is 56.4 Å². The van der Waals surface area contributed by atoms with E-state index in [9.17, 15) is 9.59 Å². The minimum absolute atomic E-state index is 0.0138. The van der Waals surface area contributed by atoms with Crippen LogP contribution in [0, 0.1) is 0 Å². The number of anilines is 1. The summed E-state index contributed by atoms with van der Waals surface area (Å²) in [6, 6.07) is 13.2. The number of rotatable bonds is 3. The van der Waals surface area contributed by atoms with E-state index in [1.54, 1.807) is 0 Å². The highest BCUT2D eigenvalue weighted by molar-refractivity contribution is 6.31. The fourth-order valence-corrected chi connectivity index (χ4v) is 5.22. The number of aromatic amines is 1. The van der Waals surface area contributed by atoms with Crippen LogP contribution in [0.15, 0.2) is 42.5 Å². The minimum Gasteiger partial charge on any atom is -0.357 e. The summed E-state index contributed by atoms with van der Waals surface area (Å²) in [6.07, 6.45) is 1.04. The van der Waals surface area contributed by atoms with E-state index in [4.69, 9.17) is 11.6 Å². The predicted octanol–water partition coefficient (Wildman–Crippen LogP) is 5.20. The highest BCUT2D eigenvalue weighted by Crippen LogP contribution is 2.38. The molecule has 0 saturated carbocycles. The molecule has 2 aromatic carbocycles. The Morgan fingerprint density at radius 1 is 1.10 bits per heavy atom. The molecule has 0 radical (unpaired) electrons. The van der Waals surface area contributed by atoms with Gasteiger partial charge in [0.2, 0.25) is 5.91 Å². The third-order valence-electron chi connectivity index (χ3n) is 6.78. The van der Waals surface area contributed by atoms with Gasteiger partial charge in [-0.05, 0) is 60.7 Å². The number of hydrogen-bond donors (Lipinski definition) is 1. The SMILES string of the molecule is CC(C)c1ccc(N2C(=O)CC(N3CCc4c([nH]c5ccc(Cl)cc45)C3C)C2=O)cc1. The van der Waals surface area contributed by atoms with Gasteiger partial charge in [0.1, 0.15) is 0 Å². The van der Waals surface area contributed by atoms with Gasteiger partial charge < -0.3 is 4.98 Å². The number of imide groups is 1. The van der Waals surface area contributed by atoms with Gasteiger partial charge in [0.05, 0.1) is 18.2 Å². The summed E-state index contributed by atoms with van der Waals surface area (Å²) in [7, 11) is 0. The molecule has 31 heavy (non-hydrogen) atoms. The summed E-state index contributed by atoms with van der Waals surface area (Å²) < 4.78 is 0. The van der Waals surface area contributed by atoms with Gasteiger partial charge in [-0.25, -0.2) is 4.90 Å². The second-order valence-corrected chi connectivity index (χ2v) is 9.34. The van der Waals surface area contributed by atoms with Crippen molar-refractivity contribution in [2.45, 2.75) is 51.6 Å². The Morgan fingerprint density at radius 3 is 2.55 bits per heavy atom. The van der Waals surface area contributed by atoms with Crippen LogP contribution < -0.4 is 4.90 Å². The number of halogens is 1. The Bertz CT molecular complexity index is 1180. The largest absolute Gasteiger partial charge is 0.357 e. The second-order valence-electron chi connectivity index (χ2n) is 8.90. The van der Waals surface area contributed by atoms with Crippen LogP contribution in [0.3, 0.4) is 0 Å². The van der Waals surface area contributed by atoms with E-state index in [1.807, 2.05) is 42.5 Å². The Hall–Kier alpha value is -2.63. The van der Waals surface area contributed by atoms with Crippen LogP contribution in [-0.2, 0) is 16.0 Å². The van der Waals surface area contributed by atoms with Gasteiger partial charge in [0.25, 0.3) is 5.91 Å². The van der Waals surface area contributed by atoms with Gasteiger partial charge in [-0.1, -0.05) is 37.6 Å². The molecule has 2 unspecified atom stereocenters. The molecule has 2 atom stereocenters. The van der Waals surface area contributed by atoms with Gasteiger partial charge in [-0.2, -0.15) is 0 Å². The van der Waals surface area contributed by atoms with E-state index in [0.29, 0.717) is 11.6 Å². The molecule has 1 aromatic heterocycles. The Kier molecular flexibility index (Phi) is 4.91. The van der Waals surface area contributed by atoms with Crippen LogP contribution in [0.1, 0.15) is 56.0 Å². The second kappa shape index (κ2) is 7.50. The van der Waals surface area contributed by atoms with Gasteiger partial charge in [-0.3, -0.25) is 14.5 Å². The Labute approximate surface area is 187 Å². The van der Waals surface area contributed by atoms with E-state index in [-0.39, 0.29) is 24.3 Å². The average Bonchev–Trinajstić information content (AvgIpc) is 3.25. The fourth-order valence-electron chi connectivity index (χ4n) is 5.05. The maximum absolute atomic E-state index is 13.3. The zero-order valence-electron chi connectivity index (χ0n) is 18.0. The highest BCUT2D eigenvalue weighted by Gasteiger charge is 2.45. The molecule has 1 fully saturated rings. The molecule has 6 heteroatoms. The standard InChI is InChI=1S/C25H26ClN3O2/c1-14(2)16-4-7-18(8-5-16)29-23(30)13-22(25(29)31)28-11-10-19-20-12-17(26)6-9-21(20)27-24(19)15(28)3/h4-9,12,14-15,22,27H,10-11,13H2,1-3H3. The van der Waals surface area contributed by atoms with Crippen molar-refractivity contribution < 1.29 is 9.59 Å². The van der Waals surface area contributed by atoms with Gasteiger partial charge in [0, 0.05) is 34.2 Å². The van der Waals surface area contributed by atoms with E-state index < -0.39 is 6.04 Å². The summed E-state index contributed by atoms with van der Waals surface area (Å²) in [5.74, 6) is 0.145. The van der Waals surface area contributed by atoms with Crippen molar-refractivity contribution in [2.75, 3.05) is 11.4 Å². The lowest BCUT2D eigenvalue weighted by molar-refractivity contribution is -0.123. The zero-order chi connectivity index (χ0) is 21.9. The van der Waals surface area contributed by atoms with E-state index >= 15 is 0 Å². The van der Waals surface area contributed by atoms with Crippen molar-refractivity contribution >= 4 is 40.0 Å².